The van der Waals surface area contributed by atoms with Gasteiger partial charge in [-0.25, -0.2) is 4.79 Å². The van der Waals surface area contributed by atoms with E-state index in [1.807, 2.05) is 6.08 Å². The lowest BCUT2D eigenvalue weighted by Gasteiger charge is -2.28. The Kier molecular flexibility index (Phi) is 11.7. The number of carbonyl (C=O) groups excluding carboxylic acids is 4. The molecule has 1 atom stereocenters. The number of allylic oxidation sites excluding steroid dienone is 1. The third kappa shape index (κ3) is 9.02. The van der Waals surface area contributed by atoms with Crippen molar-refractivity contribution in [1.29, 1.82) is 0 Å². The van der Waals surface area contributed by atoms with Crippen LogP contribution in [0.1, 0.15) is 55.1 Å². The predicted octanol–water partition coefficient (Wildman–Crippen LogP) is 4.75. The molecular formula is C28H32Cl2N4O7. The smallest absolute Gasteiger partial charge is 0.415 e. The molecule has 0 saturated carbocycles. The Balaban J connectivity index is 1.66. The SMILES string of the molecule is CCOC(=O)CC(NC(=O)CNC(=O)c1cccc(NC2=CCCCN2C(=O)OCC)c1)c1cc(Cl)cc(Cl)c1O. The summed E-state index contributed by atoms with van der Waals surface area (Å²) in [7, 11) is 0. The van der Waals surface area contributed by atoms with E-state index in [4.69, 9.17) is 32.7 Å². The number of ether oxygens (including phenoxy) is 2. The summed E-state index contributed by atoms with van der Waals surface area (Å²) in [6, 6.07) is 8.26. The summed E-state index contributed by atoms with van der Waals surface area (Å²) >= 11 is 12.1. The minimum absolute atomic E-state index is 0.0493. The zero-order valence-electron chi connectivity index (χ0n) is 22.7. The van der Waals surface area contributed by atoms with Crippen LogP contribution in [0.3, 0.4) is 0 Å². The first-order valence-electron chi connectivity index (χ1n) is 13.1. The Morgan fingerprint density at radius 3 is 2.56 bits per heavy atom. The lowest BCUT2D eigenvalue weighted by molar-refractivity contribution is -0.143. The van der Waals surface area contributed by atoms with E-state index in [1.54, 1.807) is 38.1 Å². The summed E-state index contributed by atoms with van der Waals surface area (Å²) in [6.07, 6.45) is 2.71. The number of hydrogen-bond donors (Lipinski definition) is 4. The lowest BCUT2D eigenvalue weighted by Crippen LogP contribution is -2.39. The average molecular weight is 607 g/mol. The van der Waals surface area contributed by atoms with Gasteiger partial charge in [-0.15, -0.1) is 0 Å². The molecule has 1 aliphatic heterocycles. The number of nitrogens with one attached hydrogen (secondary N) is 3. The number of rotatable bonds is 11. The largest absolute Gasteiger partial charge is 0.506 e. The van der Waals surface area contributed by atoms with Crippen LogP contribution >= 0.6 is 23.2 Å². The van der Waals surface area contributed by atoms with Crippen molar-refractivity contribution in [2.24, 2.45) is 0 Å². The van der Waals surface area contributed by atoms with E-state index in [0.717, 1.165) is 12.8 Å². The molecule has 41 heavy (non-hydrogen) atoms. The highest BCUT2D eigenvalue weighted by Gasteiger charge is 2.25. The van der Waals surface area contributed by atoms with Crippen molar-refractivity contribution < 1.29 is 33.8 Å². The number of esters is 1. The molecule has 1 aliphatic rings. The van der Waals surface area contributed by atoms with Crippen LogP contribution in [0.2, 0.25) is 10.0 Å². The van der Waals surface area contributed by atoms with Crippen LogP contribution in [-0.4, -0.2) is 60.2 Å². The van der Waals surface area contributed by atoms with Crippen LogP contribution in [0, 0.1) is 0 Å². The van der Waals surface area contributed by atoms with E-state index in [1.165, 1.54) is 17.0 Å². The average Bonchev–Trinajstić information content (AvgIpc) is 2.94. The second kappa shape index (κ2) is 15.2. The molecule has 220 valence electrons. The number of phenols is 1. The summed E-state index contributed by atoms with van der Waals surface area (Å²) in [6.45, 7) is 3.84. The zero-order chi connectivity index (χ0) is 29.9. The molecule has 2 aromatic carbocycles. The summed E-state index contributed by atoms with van der Waals surface area (Å²) in [5.74, 6) is -1.55. The zero-order valence-corrected chi connectivity index (χ0v) is 24.2. The van der Waals surface area contributed by atoms with Gasteiger partial charge >= 0.3 is 12.1 Å². The van der Waals surface area contributed by atoms with Crippen LogP contribution in [-0.2, 0) is 19.1 Å². The first-order valence-corrected chi connectivity index (χ1v) is 13.8. The van der Waals surface area contributed by atoms with Crippen molar-refractivity contribution in [2.75, 3.05) is 31.6 Å². The summed E-state index contributed by atoms with van der Waals surface area (Å²) in [5, 5.41) is 18.9. The Morgan fingerprint density at radius 2 is 1.83 bits per heavy atom. The molecule has 0 radical (unpaired) electrons. The number of amides is 3. The highest BCUT2D eigenvalue weighted by Crippen LogP contribution is 2.36. The van der Waals surface area contributed by atoms with E-state index in [0.29, 0.717) is 18.1 Å². The third-order valence-electron chi connectivity index (χ3n) is 5.95. The number of phenolic OH excluding ortho intramolecular Hbond substituents is 1. The predicted molar refractivity (Wildman–Crippen MR) is 154 cm³/mol. The Labute approximate surface area is 247 Å². The molecule has 3 amide bonds. The number of carbonyl (C=O) groups is 4. The minimum Gasteiger partial charge on any atom is -0.506 e. The number of benzene rings is 2. The molecule has 0 saturated heterocycles. The van der Waals surface area contributed by atoms with Crippen molar-refractivity contribution in [1.82, 2.24) is 15.5 Å². The van der Waals surface area contributed by atoms with Crippen molar-refractivity contribution in [3.8, 4) is 5.75 Å². The fraction of sp³-hybridized carbons (Fsp3) is 0.357. The van der Waals surface area contributed by atoms with Crippen molar-refractivity contribution in [2.45, 2.75) is 39.2 Å². The Morgan fingerprint density at radius 1 is 1.07 bits per heavy atom. The van der Waals surface area contributed by atoms with E-state index in [9.17, 15) is 24.3 Å². The third-order valence-corrected chi connectivity index (χ3v) is 6.46. The van der Waals surface area contributed by atoms with Gasteiger partial charge in [-0.1, -0.05) is 29.3 Å². The van der Waals surface area contributed by atoms with Gasteiger partial charge in [0.2, 0.25) is 5.91 Å². The van der Waals surface area contributed by atoms with Crippen LogP contribution < -0.4 is 16.0 Å². The van der Waals surface area contributed by atoms with Crippen molar-refractivity contribution in [3.05, 3.63) is 69.5 Å². The number of aromatic hydroxyl groups is 1. The van der Waals surface area contributed by atoms with E-state index >= 15 is 0 Å². The molecule has 1 unspecified atom stereocenters. The molecule has 0 spiro atoms. The van der Waals surface area contributed by atoms with E-state index in [-0.39, 0.29) is 46.6 Å². The fourth-order valence-electron chi connectivity index (χ4n) is 4.10. The van der Waals surface area contributed by atoms with Gasteiger partial charge in [0.05, 0.1) is 37.2 Å². The monoisotopic (exact) mass is 606 g/mol. The number of hydrogen-bond acceptors (Lipinski definition) is 8. The molecule has 0 bridgehead atoms. The van der Waals surface area contributed by atoms with Crippen molar-refractivity contribution in [3.63, 3.8) is 0 Å². The first kappa shape index (κ1) is 31.6. The van der Waals surface area contributed by atoms with Gasteiger partial charge in [0.25, 0.3) is 5.91 Å². The molecule has 0 aliphatic carbocycles. The normalized spacial score (nSPS) is 13.5. The van der Waals surface area contributed by atoms with Crippen LogP contribution in [0.5, 0.6) is 5.75 Å². The van der Waals surface area contributed by atoms with Gasteiger partial charge < -0.3 is 30.5 Å². The Hall–Kier alpha value is -3.96. The number of nitrogens with zero attached hydrogens (tertiary/aromatic N) is 1. The Bertz CT molecular complexity index is 1320. The molecule has 11 nitrogen and oxygen atoms in total. The minimum atomic E-state index is -1.02. The maximum absolute atomic E-state index is 12.8. The molecule has 0 aromatic heterocycles. The van der Waals surface area contributed by atoms with Gasteiger partial charge in [-0.05, 0) is 63.1 Å². The molecular weight excluding hydrogens is 575 g/mol. The van der Waals surface area contributed by atoms with E-state index < -0.39 is 36.5 Å². The standard InChI is InChI=1S/C28H32Cl2N4O7/c1-3-40-25(36)15-22(20-13-18(29)14-21(30)26(20)37)33-24(35)16-31-27(38)17-8-7-9-19(12-17)32-23-10-5-6-11-34(23)28(39)41-4-2/h7-10,12-14,22,32,37H,3-6,11,15-16H2,1-2H3,(H,31,38)(H,33,35). The molecule has 2 aromatic rings. The number of halogens is 2. The second-order valence-corrected chi connectivity index (χ2v) is 9.77. The van der Waals surface area contributed by atoms with Crippen LogP contribution in [0.15, 0.2) is 48.3 Å². The second-order valence-electron chi connectivity index (χ2n) is 8.93. The van der Waals surface area contributed by atoms with Gasteiger partial charge in [0.1, 0.15) is 11.6 Å². The van der Waals surface area contributed by atoms with E-state index in [2.05, 4.69) is 16.0 Å². The highest BCUT2D eigenvalue weighted by atomic mass is 35.5. The quantitative estimate of drug-likeness (QED) is 0.268. The molecule has 1 heterocycles. The van der Waals surface area contributed by atoms with Crippen molar-refractivity contribution >= 4 is 52.8 Å². The molecule has 0 fully saturated rings. The fourth-order valence-corrected chi connectivity index (χ4v) is 4.61. The maximum atomic E-state index is 12.8. The summed E-state index contributed by atoms with van der Waals surface area (Å²) in [5.41, 5.74) is 0.958. The lowest BCUT2D eigenvalue weighted by atomic mass is 10.0. The highest BCUT2D eigenvalue weighted by molar-refractivity contribution is 6.35. The van der Waals surface area contributed by atoms with Crippen LogP contribution in [0.4, 0.5) is 10.5 Å². The first-order chi connectivity index (χ1) is 19.6. The molecule has 3 rings (SSSR count). The van der Waals surface area contributed by atoms with Gasteiger partial charge in [0, 0.05) is 28.4 Å². The number of anilines is 1. The topological polar surface area (TPSA) is 146 Å². The van der Waals surface area contributed by atoms with Gasteiger partial charge in [-0.2, -0.15) is 0 Å². The summed E-state index contributed by atoms with van der Waals surface area (Å²) < 4.78 is 10.1. The van der Waals surface area contributed by atoms with Gasteiger partial charge in [0.15, 0.2) is 0 Å². The summed E-state index contributed by atoms with van der Waals surface area (Å²) in [4.78, 5) is 51.6. The molecule has 4 N–H and O–H groups in total. The maximum Gasteiger partial charge on any atom is 0.415 e. The van der Waals surface area contributed by atoms with Gasteiger partial charge in [-0.3, -0.25) is 19.3 Å². The van der Waals surface area contributed by atoms with Crippen LogP contribution in [0.25, 0.3) is 0 Å². The molecule has 13 heteroatoms.